The van der Waals surface area contributed by atoms with Gasteiger partial charge in [-0.25, -0.2) is 14.5 Å². The van der Waals surface area contributed by atoms with Crippen LogP contribution in [0.5, 0.6) is 0 Å². The van der Waals surface area contributed by atoms with Crippen molar-refractivity contribution in [3.05, 3.63) is 87.8 Å². The molecule has 0 atom stereocenters. The third-order valence-corrected chi connectivity index (χ3v) is 5.51. The maximum atomic E-state index is 13.3. The molecule has 0 bridgehead atoms. The smallest absolute Gasteiger partial charge is 0.290 e. The highest BCUT2D eigenvalue weighted by atomic mass is 35.5. The third-order valence-electron chi connectivity index (χ3n) is 5.27. The van der Waals surface area contributed by atoms with Gasteiger partial charge in [0.2, 0.25) is 5.95 Å². The summed E-state index contributed by atoms with van der Waals surface area (Å²) >= 11 is 6.11. The number of pyridine rings is 1. The second kappa shape index (κ2) is 10.2. The van der Waals surface area contributed by atoms with E-state index in [4.69, 9.17) is 21.5 Å². The molecule has 168 valence electrons. The van der Waals surface area contributed by atoms with Crippen molar-refractivity contribution in [3.8, 4) is 5.82 Å². The second-order valence-electron chi connectivity index (χ2n) is 7.48. The number of likely N-dealkylation sites (tertiary alicyclic amines) is 1. The van der Waals surface area contributed by atoms with Gasteiger partial charge in [-0.3, -0.25) is 14.5 Å². The van der Waals surface area contributed by atoms with E-state index in [2.05, 4.69) is 32.3 Å². The van der Waals surface area contributed by atoms with Crippen molar-refractivity contribution in [3.63, 3.8) is 0 Å². The maximum Gasteiger partial charge on any atom is 0.290 e. The molecule has 0 amide bonds. The maximum absolute atomic E-state index is 13.3. The van der Waals surface area contributed by atoms with Crippen LogP contribution in [0.15, 0.2) is 71.7 Å². The Bertz CT molecular complexity index is 1310. The van der Waals surface area contributed by atoms with Crippen LogP contribution in [0.4, 0.5) is 11.6 Å². The fourth-order valence-electron chi connectivity index (χ4n) is 3.56. The Hall–Kier alpha value is -3.75. The summed E-state index contributed by atoms with van der Waals surface area (Å²) in [4.78, 5) is 33.1. The predicted octanol–water partition coefficient (Wildman–Crippen LogP) is 4.08. The Morgan fingerprint density at radius 2 is 1.85 bits per heavy atom. The number of nitrogens with zero attached hydrogens (tertiary/aromatic N) is 4. The lowest BCUT2D eigenvalue weighted by molar-refractivity contribution is -0.122. The van der Waals surface area contributed by atoms with Gasteiger partial charge in [0.05, 0.1) is 10.9 Å². The Morgan fingerprint density at radius 1 is 1.09 bits per heavy atom. The summed E-state index contributed by atoms with van der Waals surface area (Å²) in [5.41, 5.74) is 2.47. The van der Waals surface area contributed by atoms with E-state index in [1.807, 2.05) is 24.3 Å². The van der Waals surface area contributed by atoms with Crippen LogP contribution in [-0.2, 0) is 11.3 Å². The molecule has 9 heteroatoms. The number of carbonyl (C=O) groups is 1. The average Bonchev–Trinajstić information content (AvgIpc) is 2.79. The van der Waals surface area contributed by atoms with Gasteiger partial charge in [-0.2, -0.15) is 0 Å². The monoisotopic (exact) mass is 463 g/mol. The quantitative estimate of drug-likeness (QED) is 0.430. The molecule has 2 N–H and O–H groups in total. The van der Waals surface area contributed by atoms with Gasteiger partial charge in [-0.05, 0) is 67.5 Å². The summed E-state index contributed by atoms with van der Waals surface area (Å²) in [5, 5.41) is 11.1. The molecule has 2 aromatic heterocycles. The standard InChI is InChI=1S/C23H20ClN5O.CH2O2/c24-17-7-10-20-19(14-17)22(30)29(21-4-1-2-11-25-21)23(27-20)26-18-8-5-16(6-9-18)15-28-12-3-13-28;2-1-3/h1-2,4-11,14H,3,12-13,15H2,(H,26,27);1H,(H,2,3). The van der Waals surface area contributed by atoms with Gasteiger partial charge in [0.1, 0.15) is 5.82 Å². The molecule has 0 saturated carbocycles. The van der Waals surface area contributed by atoms with E-state index in [0.29, 0.717) is 27.7 Å². The van der Waals surface area contributed by atoms with Gasteiger partial charge in [-0.15, -0.1) is 0 Å². The molecule has 4 aromatic rings. The summed E-state index contributed by atoms with van der Waals surface area (Å²) in [7, 11) is 0. The third kappa shape index (κ3) is 5.19. The highest BCUT2D eigenvalue weighted by Gasteiger charge is 2.15. The van der Waals surface area contributed by atoms with Crippen molar-refractivity contribution in [2.75, 3.05) is 18.4 Å². The number of carboxylic acid groups (broad SMARTS) is 1. The molecule has 1 fully saturated rings. The molecule has 5 rings (SSSR count). The van der Waals surface area contributed by atoms with Crippen LogP contribution in [0, 0.1) is 0 Å². The van der Waals surface area contributed by atoms with Crippen LogP contribution in [0.2, 0.25) is 5.02 Å². The molecule has 3 heterocycles. The number of benzene rings is 2. The fourth-order valence-corrected chi connectivity index (χ4v) is 3.73. The van der Waals surface area contributed by atoms with Crippen LogP contribution >= 0.6 is 11.6 Å². The van der Waals surface area contributed by atoms with Gasteiger partial charge in [0.25, 0.3) is 12.0 Å². The van der Waals surface area contributed by atoms with Gasteiger partial charge >= 0.3 is 0 Å². The van der Waals surface area contributed by atoms with Crippen molar-refractivity contribution in [1.82, 2.24) is 19.4 Å². The zero-order valence-corrected chi connectivity index (χ0v) is 18.4. The van der Waals surface area contributed by atoms with Crippen LogP contribution in [0.3, 0.4) is 0 Å². The summed E-state index contributed by atoms with van der Waals surface area (Å²) in [6.07, 6.45) is 2.93. The fraction of sp³-hybridized carbons (Fsp3) is 0.167. The first-order valence-electron chi connectivity index (χ1n) is 10.4. The van der Waals surface area contributed by atoms with E-state index >= 15 is 0 Å². The zero-order valence-electron chi connectivity index (χ0n) is 17.7. The number of nitrogens with one attached hydrogen (secondary N) is 1. The Labute approximate surface area is 195 Å². The minimum Gasteiger partial charge on any atom is -0.483 e. The molecule has 0 aliphatic carbocycles. The SMILES string of the molecule is O=CO.O=c1c2cc(Cl)ccc2nc(Nc2ccc(CN3CCC3)cc2)n1-c1ccccn1. The van der Waals surface area contributed by atoms with Crippen molar-refractivity contribution in [2.24, 2.45) is 0 Å². The van der Waals surface area contributed by atoms with E-state index in [0.717, 1.165) is 12.2 Å². The molecule has 33 heavy (non-hydrogen) atoms. The largest absolute Gasteiger partial charge is 0.483 e. The van der Waals surface area contributed by atoms with Gasteiger partial charge < -0.3 is 10.4 Å². The Kier molecular flexibility index (Phi) is 6.97. The molecule has 8 nitrogen and oxygen atoms in total. The summed E-state index contributed by atoms with van der Waals surface area (Å²) < 4.78 is 1.48. The molecule has 0 spiro atoms. The topological polar surface area (TPSA) is 100 Å². The molecule has 0 radical (unpaired) electrons. The summed E-state index contributed by atoms with van der Waals surface area (Å²) in [5.74, 6) is 0.901. The van der Waals surface area contributed by atoms with E-state index in [1.165, 1.54) is 29.6 Å². The van der Waals surface area contributed by atoms with E-state index in [-0.39, 0.29) is 12.0 Å². The molecule has 0 unspecified atom stereocenters. The minimum atomic E-state index is -0.250. The first-order valence-corrected chi connectivity index (χ1v) is 10.8. The average molecular weight is 464 g/mol. The van der Waals surface area contributed by atoms with Crippen molar-refractivity contribution < 1.29 is 9.90 Å². The lowest BCUT2D eigenvalue weighted by Crippen LogP contribution is -2.36. The lowest BCUT2D eigenvalue weighted by atomic mass is 10.1. The number of hydrogen-bond donors (Lipinski definition) is 2. The number of anilines is 2. The second-order valence-corrected chi connectivity index (χ2v) is 7.92. The predicted molar refractivity (Wildman–Crippen MR) is 128 cm³/mol. The van der Waals surface area contributed by atoms with E-state index < -0.39 is 0 Å². The molecular weight excluding hydrogens is 442 g/mol. The normalized spacial score (nSPS) is 13.0. The lowest BCUT2D eigenvalue weighted by Gasteiger charge is -2.30. The Balaban J connectivity index is 0.000000821. The number of rotatable bonds is 5. The minimum absolute atomic E-state index is 0.224. The van der Waals surface area contributed by atoms with E-state index in [9.17, 15) is 4.79 Å². The van der Waals surface area contributed by atoms with Gasteiger partial charge in [0, 0.05) is 23.5 Å². The highest BCUT2D eigenvalue weighted by molar-refractivity contribution is 6.31. The number of hydrogen-bond acceptors (Lipinski definition) is 6. The first kappa shape index (κ1) is 22.4. The first-order chi connectivity index (χ1) is 16.1. The molecule has 1 saturated heterocycles. The van der Waals surface area contributed by atoms with Crippen LogP contribution in [0.25, 0.3) is 16.7 Å². The molecule has 1 aliphatic rings. The van der Waals surface area contributed by atoms with Crippen LogP contribution in [0.1, 0.15) is 12.0 Å². The van der Waals surface area contributed by atoms with Gasteiger partial charge in [0.15, 0.2) is 0 Å². The number of fused-ring (bicyclic) bond motifs is 1. The van der Waals surface area contributed by atoms with Gasteiger partial charge in [-0.1, -0.05) is 29.8 Å². The molecule has 1 aliphatic heterocycles. The summed E-state index contributed by atoms with van der Waals surface area (Å²) in [6.45, 7) is 3.05. The molecule has 2 aromatic carbocycles. The van der Waals surface area contributed by atoms with Crippen molar-refractivity contribution >= 4 is 40.6 Å². The number of halogens is 1. The van der Waals surface area contributed by atoms with Crippen LogP contribution in [-0.4, -0.2) is 44.1 Å². The molecular formula is C24H22ClN5O3. The van der Waals surface area contributed by atoms with Crippen molar-refractivity contribution in [2.45, 2.75) is 13.0 Å². The zero-order chi connectivity index (χ0) is 23.2. The van der Waals surface area contributed by atoms with Crippen molar-refractivity contribution in [1.29, 1.82) is 0 Å². The summed E-state index contributed by atoms with van der Waals surface area (Å²) in [6, 6.07) is 18.8. The Morgan fingerprint density at radius 3 is 2.48 bits per heavy atom. The highest BCUT2D eigenvalue weighted by Crippen LogP contribution is 2.22. The van der Waals surface area contributed by atoms with E-state index in [1.54, 1.807) is 30.5 Å². The van der Waals surface area contributed by atoms with Crippen LogP contribution < -0.4 is 10.9 Å². The number of aromatic nitrogens is 3.